The molecular weight excluding hydrogens is 1060 g/mol. The molecule has 4 heterocycles. The molecule has 29 nitrogen and oxygen atoms in total. The van der Waals surface area contributed by atoms with Crippen LogP contribution in [0.2, 0.25) is 0 Å². The van der Waals surface area contributed by atoms with Gasteiger partial charge in [-0.15, -0.1) is 0 Å². The molecule has 78 heavy (non-hydrogen) atoms. The highest BCUT2D eigenvalue weighted by atomic mass is 32.3. The van der Waals surface area contributed by atoms with E-state index in [1.54, 1.807) is 12.1 Å². The van der Waals surface area contributed by atoms with Crippen molar-refractivity contribution in [3.8, 4) is 5.75 Å². The van der Waals surface area contributed by atoms with E-state index in [2.05, 4.69) is 44.5 Å². The maximum Gasteiger partial charge on any atom is 0.397 e. The van der Waals surface area contributed by atoms with Crippen LogP contribution in [0.15, 0.2) is 36.4 Å². The lowest BCUT2D eigenvalue weighted by molar-refractivity contribution is -0.361. The van der Waals surface area contributed by atoms with Crippen LogP contribution >= 0.6 is 0 Å². The van der Waals surface area contributed by atoms with Gasteiger partial charge in [-0.2, -0.15) is 8.42 Å². The second kappa shape index (κ2) is 30.6. The van der Waals surface area contributed by atoms with Gasteiger partial charge in [0.1, 0.15) is 103 Å². The Hall–Kier alpha value is -4.13. The molecule has 20 atom stereocenters. The summed E-state index contributed by atoms with van der Waals surface area (Å²) in [5.74, 6) is -2.72. The molecule has 4 fully saturated rings. The van der Waals surface area contributed by atoms with Gasteiger partial charge in [0.25, 0.3) is 5.91 Å². The van der Waals surface area contributed by atoms with Gasteiger partial charge in [0.15, 0.2) is 25.2 Å². The number of benzene rings is 1. The van der Waals surface area contributed by atoms with Gasteiger partial charge in [-0.3, -0.25) is 23.7 Å². The molecule has 1 aromatic rings. The monoisotopic (exact) mass is 1140 g/mol. The summed E-state index contributed by atoms with van der Waals surface area (Å²) >= 11 is 0. The molecule has 1 aromatic carbocycles. The molecule has 0 spiro atoms. The number of carbonyl (C=O) groups is 4. The molecule has 0 aromatic heterocycles. The maximum atomic E-state index is 13.7. The van der Waals surface area contributed by atoms with Crippen LogP contribution in [0.4, 0.5) is 0 Å². The number of hydrogen-bond donors (Lipinski definition) is 14. The first-order chi connectivity index (χ1) is 37.0. The maximum absolute atomic E-state index is 13.7. The normalized spacial score (nSPS) is 35.4. The minimum atomic E-state index is -5.16. The van der Waals surface area contributed by atoms with E-state index in [1.807, 2.05) is 0 Å². The lowest BCUT2D eigenvalue weighted by atomic mass is 9.93. The van der Waals surface area contributed by atoms with Gasteiger partial charge < -0.3 is 105 Å². The molecule has 14 N–H and O–H groups in total. The third-order valence-electron chi connectivity index (χ3n) is 13.2. The van der Waals surface area contributed by atoms with Crippen LogP contribution in [0.5, 0.6) is 5.75 Å². The lowest BCUT2D eigenvalue weighted by Crippen LogP contribution is -2.71. The number of rotatable bonds is 27. The number of aliphatic hydroxyl groups excluding tert-OH is 9. The van der Waals surface area contributed by atoms with Gasteiger partial charge in [0.05, 0.1) is 33.0 Å². The number of amides is 4. The Morgan fingerprint density at radius 3 is 1.49 bits per heavy atom. The summed E-state index contributed by atoms with van der Waals surface area (Å²) in [7, 11) is -5.16. The van der Waals surface area contributed by atoms with E-state index in [-0.39, 0.29) is 5.56 Å². The van der Waals surface area contributed by atoms with Crippen LogP contribution in [0, 0.1) is 0 Å². The van der Waals surface area contributed by atoms with Gasteiger partial charge in [0, 0.05) is 26.3 Å². The molecule has 30 heteroatoms. The van der Waals surface area contributed by atoms with E-state index in [1.165, 1.54) is 31.4 Å². The second-order valence-electron chi connectivity index (χ2n) is 19.2. The van der Waals surface area contributed by atoms with Crippen LogP contribution in [0.1, 0.15) is 83.0 Å². The van der Waals surface area contributed by atoms with E-state index in [4.69, 9.17) is 37.9 Å². The van der Waals surface area contributed by atoms with E-state index in [9.17, 15) is 78.1 Å². The quantitative estimate of drug-likeness (QED) is 0.0225. The minimum Gasteiger partial charge on any atom is -0.494 e. The molecule has 0 bridgehead atoms. The molecule has 5 rings (SSSR count). The Kier molecular flexibility index (Phi) is 25.4. The Balaban J connectivity index is 1.33. The van der Waals surface area contributed by atoms with Crippen LogP contribution in [-0.4, -0.2) is 238 Å². The average molecular weight is 1140 g/mol. The van der Waals surface area contributed by atoms with E-state index in [0.29, 0.717) is 12.4 Å². The van der Waals surface area contributed by atoms with Crippen LogP contribution in [0.25, 0.3) is 0 Å². The first-order valence-electron chi connectivity index (χ1n) is 25.6. The second-order valence-corrected chi connectivity index (χ2v) is 20.3. The van der Waals surface area contributed by atoms with Gasteiger partial charge in [0.2, 0.25) is 17.7 Å². The van der Waals surface area contributed by atoms with E-state index >= 15 is 0 Å². The molecule has 0 saturated carbocycles. The van der Waals surface area contributed by atoms with Gasteiger partial charge in [-0.25, -0.2) is 4.18 Å². The first-order valence-corrected chi connectivity index (χ1v) is 27.0. The molecular formula is C48H76N4O25S. The van der Waals surface area contributed by atoms with Crippen molar-refractivity contribution in [1.82, 2.24) is 21.3 Å². The minimum absolute atomic E-state index is 0.0808. The van der Waals surface area contributed by atoms with Crippen molar-refractivity contribution in [1.29, 1.82) is 0 Å². The van der Waals surface area contributed by atoms with Gasteiger partial charge in [-0.1, -0.05) is 38.3 Å². The highest BCUT2D eigenvalue weighted by Gasteiger charge is 2.56. The summed E-state index contributed by atoms with van der Waals surface area (Å²) in [6.45, 7) is 1.68. The smallest absolute Gasteiger partial charge is 0.397 e. The molecule has 9 unspecified atom stereocenters. The van der Waals surface area contributed by atoms with Crippen molar-refractivity contribution < 1.29 is 120 Å². The number of hydrogen-bond acceptors (Lipinski definition) is 24. The zero-order valence-electron chi connectivity index (χ0n) is 43.5. The van der Waals surface area contributed by atoms with Crippen molar-refractivity contribution >= 4 is 34.0 Å². The molecule has 0 aliphatic carbocycles. The Morgan fingerprint density at radius 1 is 0.564 bits per heavy atom. The molecule has 4 amide bonds. The number of ether oxygens (including phenoxy) is 8. The summed E-state index contributed by atoms with van der Waals surface area (Å²) in [5, 5.41) is 109. The zero-order chi connectivity index (χ0) is 57.4. The topological polar surface area (TPSA) is 436 Å². The summed E-state index contributed by atoms with van der Waals surface area (Å²) in [4.78, 5) is 51.0. The number of carbonyl (C=O) groups excluding carboxylic acids is 4. The number of unbranched alkanes of at least 4 members (excludes halogenated alkanes) is 5. The van der Waals surface area contributed by atoms with Crippen molar-refractivity contribution in [2.45, 2.75) is 195 Å². The van der Waals surface area contributed by atoms with Crippen LogP contribution in [0.3, 0.4) is 0 Å². The summed E-state index contributed by atoms with van der Waals surface area (Å²) in [5.41, 5.74) is 0.0808. The third-order valence-corrected chi connectivity index (χ3v) is 13.7. The molecule has 444 valence electrons. The standard InChI is InChI=1S/C48H76N4O25S/c1-5-6-7-8-9-10-11-12-13-18-69-27-16-14-26(15-17-27)44(64)52-33-37(60)36(59)28(19-53)72-46(33)75-41-29(20-54)73-47(34(39(41)62)50-24(3)57)76-42-30(21-55)74-48(35(40(42)63)51-25(4)58)77-43-31(22-70-78(66,67)68)71-45(65)32(38(43)61)49-23(2)56/h10-11,14-17,28-43,45-48,53-55,59-63,65H,5-9,12-13,18-22H2,1-4H3,(H,49,56)(H,50,57)(H,51,58)(H,52,64)(H,66,67,68)/b11-10-/t28?,29-,30?,31-,32?,33?,34?,35?,36+,37+,38?,39?,40+,41+,42+,43+,45?,46-,47-,48-/m0/s1. The highest BCUT2D eigenvalue weighted by molar-refractivity contribution is 7.80. The SMILES string of the molecule is CCCCCC/C=C\CCCOc1ccc(C(=O)NC2[C@H](O[C@H]3C(O)C(NC(C)=O)[C@H](O[C@@H]4C(CO)O[C@@H](O[C@H]5C(O)C(NC(C)=O)C(O)O[C@H]5COS(=O)(=O)O)C(NC(C)=O)[C@H]4O)O[C@H]3CO)OC(CO)[C@@H](O)[C@@H]2O)cc1. The van der Waals surface area contributed by atoms with Crippen LogP contribution < -0.4 is 26.0 Å². The predicted octanol–water partition coefficient (Wildman–Crippen LogP) is -4.37. The Bertz CT molecular complexity index is 2200. The lowest BCUT2D eigenvalue weighted by Gasteiger charge is -2.51. The van der Waals surface area contributed by atoms with Gasteiger partial charge in [-0.05, 0) is 49.9 Å². The fourth-order valence-electron chi connectivity index (χ4n) is 9.33. The van der Waals surface area contributed by atoms with Crippen LogP contribution in [-0.2, 0) is 62.1 Å². The molecule has 4 saturated heterocycles. The summed E-state index contributed by atoms with van der Waals surface area (Å²) in [6.07, 6.45) is -17.8. The Morgan fingerprint density at radius 2 is 1.01 bits per heavy atom. The van der Waals surface area contributed by atoms with Crippen molar-refractivity contribution in [3.63, 3.8) is 0 Å². The van der Waals surface area contributed by atoms with E-state index < -0.39 is 183 Å². The molecule has 0 radical (unpaired) electrons. The molecule has 4 aliphatic heterocycles. The average Bonchev–Trinajstić information content (AvgIpc) is 3.43. The van der Waals surface area contributed by atoms with E-state index in [0.717, 1.165) is 46.5 Å². The Labute approximate surface area is 450 Å². The highest BCUT2D eigenvalue weighted by Crippen LogP contribution is 2.35. The number of nitrogens with one attached hydrogen (secondary N) is 4. The predicted molar refractivity (Wildman–Crippen MR) is 263 cm³/mol. The zero-order valence-corrected chi connectivity index (χ0v) is 44.3. The third kappa shape index (κ3) is 17.9. The van der Waals surface area contributed by atoms with Crippen molar-refractivity contribution in [3.05, 3.63) is 42.0 Å². The molecule has 4 aliphatic rings. The fourth-order valence-corrected chi connectivity index (χ4v) is 9.64. The largest absolute Gasteiger partial charge is 0.494 e. The summed E-state index contributed by atoms with van der Waals surface area (Å²) < 4.78 is 83.8. The summed E-state index contributed by atoms with van der Waals surface area (Å²) in [6, 6.07) is -0.739. The van der Waals surface area contributed by atoms with Crippen molar-refractivity contribution in [2.75, 3.05) is 33.0 Å². The fraction of sp³-hybridized carbons (Fsp3) is 0.750. The number of aliphatic hydroxyl groups is 9. The van der Waals surface area contributed by atoms with Gasteiger partial charge >= 0.3 is 10.4 Å². The van der Waals surface area contributed by atoms with Crippen molar-refractivity contribution in [2.24, 2.45) is 0 Å². The first kappa shape index (κ1) is 64.7. The number of allylic oxidation sites excluding steroid dienone is 2.